The number of aliphatic hydroxyl groups is 2. The van der Waals surface area contributed by atoms with Crippen molar-refractivity contribution >= 4 is 0 Å². The van der Waals surface area contributed by atoms with Crippen molar-refractivity contribution in [3.05, 3.63) is 6.92 Å². The highest BCUT2D eigenvalue weighted by molar-refractivity contribution is 4.54. The summed E-state index contributed by atoms with van der Waals surface area (Å²) in [6.07, 6.45) is 0.354. The van der Waals surface area contributed by atoms with Gasteiger partial charge in [-0.1, -0.05) is 0 Å². The standard InChI is InChI=1S/C5H10O2/c1-2-5(3-6)4-7/h1,5-7H,2-4H2. The largest absolute Gasteiger partial charge is 0.396 e. The van der Waals surface area contributed by atoms with Crippen LogP contribution in [0.15, 0.2) is 0 Å². The zero-order valence-electron chi connectivity index (χ0n) is 4.17. The van der Waals surface area contributed by atoms with Crippen molar-refractivity contribution in [2.24, 2.45) is 5.92 Å². The van der Waals surface area contributed by atoms with Gasteiger partial charge in [0, 0.05) is 19.1 Å². The van der Waals surface area contributed by atoms with Crippen molar-refractivity contribution in [3.8, 4) is 0 Å². The summed E-state index contributed by atoms with van der Waals surface area (Å²) in [4.78, 5) is 0. The average molecular weight is 102 g/mol. The van der Waals surface area contributed by atoms with Crippen LogP contribution in [0.4, 0.5) is 0 Å². The summed E-state index contributed by atoms with van der Waals surface area (Å²) in [6.45, 7) is 5.03. The first kappa shape index (κ1) is 6.92. The van der Waals surface area contributed by atoms with E-state index >= 15 is 0 Å². The minimum absolute atomic E-state index is 0.0208. The van der Waals surface area contributed by atoms with Crippen LogP contribution >= 0.6 is 0 Å². The first-order valence-corrected chi connectivity index (χ1v) is 2.27. The van der Waals surface area contributed by atoms with Gasteiger partial charge in [-0.3, -0.25) is 0 Å². The highest BCUT2D eigenvalue weighted by Crippen LogP contribution is 1.96. The summed E-state index contributed by atoms with van der Waals surface area (Å²) in [5.41, 5.74) is 0. The Morgan fingerprint density at radius 1 is 1.29 bits per heavy atom. The Kier molecular flexibility index (Phi) is 4.04. The first-order valence-electron chi connectivity index (χ1n) is 2.27. The van der Waals surface area contributed by atoms with Crippen LogP contribution in [0.5, 0.6) is 0 Å². The van der Waals surface area contributed by atoms with Crippen LogP contribution < -0.4 is 0 Å². The van der Waals surface area contributed by atoms with Gasteiger partial charge in [0.05, 0.1) is 0 Å². The Morgan fingerprint density at radius 3 is 1.71 bits per heavy atom. The lowest BCUT2D eigenvalue weighted by molar-refractivity contribution is 0.151. The normalized spacial score (nSPS) is 10.3. The summed E-state index contributed by atoms with van der Waals surface area (Å²) in [7, 11) is 0. The van der Waals surface area contributed by atoms with Gasteiger partial charge in [0.25, 0.3) is 0 Å². The average Bonchev–Trinajstić information content (AvgIpc) is 1.72. The molecule has 2 radical (unpaired) electrons. The molecular weight excluding hydrogens is 92.1 g/mol. The molecule has 0 atom stereocenters. The van der Waals surface area contributed by atoms with Gasteiger partial charge >= 0.3 is 0 Å². The molecule has 2 heteroatoms. The van der Waals surface area contributed by atoms with Gasteiger partial charge in [0.1, 0.15) is 0 Å². The van der Waals surface area contributed by atoms with Crippen LogP contribution in [0.3, 0.4) is 0 Å². The zero-order chi connectivity index (χ0) is 5.70. The first-order chi connectivity index (χ1) is 3.35. The van der Waals surface area contributed by atoms with E-state index in [1.165, 1.54) is 0 Å². The van der Waals surface area contributed by atoms with Gasteiger partial charge in [-0.05, 0) is 13.3 Å². The van der Waals surface area contributed by atoms with E-state index in [9.17, 15) is 0 Å². The Hall–Kier alpha value is -0.0800. The number of aliphatic hydroxyl groups excluding tert-OH is 2. The van der Waals surface area contributed by atoms with Crippen LogP contribution in [0, 0.1) is 12.8 Å². The minimum Gasteiger partial charge on any atom is -0.396 e. The maximum atomic E-state index is 8.29. The molecule has 2 N–H and O–H groups in total. The molecule has 42 valence electrons. The topological polar surface area (TPSA) is 40.5 Å². The molecule has 0 unspecified atom stereocenters. The third kappa shape index (κ3) is 2.60. The number of hydrogen-bond acceptors (Lipinski definition) is 2. The van der Waals surface area contributed by atoms with Crippen molar-refractivity contribution < 1.29 is 10.2 Å². The molecule has 0 aliphatic rings. The molecule has 0 bridgehead atoms. The minimum atomic E-state index is -0.125. The van der Waals surface area contributed by atoms with Crippen molar-refractivity contribution in [2.75, 3.05) is 13.2 Å². The van der Waals surface area contributed by atoms with E-state index in [2.05, 4.69) is 0 Å². The second kappa shape index (κ2) is 4.09. The molecule has 0 aliphatic heterocycles. The Morgan fingerprint density at radius 2 is 1.71 bits per heavy atom. The molecule has 0 spiro atoms. The Balaban J connectivity index is 2.99. The molecular formula is C5H10O2. The summed E-state index contributed by atoms with van der Waals surface area (Å²) in [6, 6.07) is 0. The highest BCUT2D eigenvalue weighted by Gasteiger charge is 1.98. The fourth-order valence-electron chi connectivity index (χ4n) is 0.207. The lowest BCUT2D eigenvalue weighted by Gasteiger charge is -2.03. The van der Waals surface area contributed by atoms with E-state index in [0.717, 1.165) is 0 Å². The molecule has 0 aromatic carbocycles. The van der Waals surface area contributed by atoms with Crippen LogP contribution in [0.2, 0.25) is 0 Å². The molecule has 0 amide bonds. The van der Waals surface area contributed by atoms with Crippen LogP contribution in [0.1, 0.15) is 6.42 Å². The molecule has 0 saturated carbocycles. The highest BCUT2D eigenvalue weighted by atomic mass is 16.3. The fraction of sp³-hybridized carbons (Fsp3) is 0.800. The third-order valence-corrected chi connectivity index (χ3v) is 0.850. The Bertz CT molecular complexity index is 27.6. The lowest BCUT2D eigenvalue weighted by Crippen LogP contribution is -2.08. The van der Waals surface area contributed by atoms with Gasteiger partial charge in [0.2, 0.25) is 0 Å². The smallest absolute Gasteiger partial charge is 0.0481 e. The molecule has 2 nitrogen and oxygen atoms in total. The molecule has 0 aromatic rings. The molecule has 0 rings (SSSR count). The lowest BCUT2D eigenvalue weighted by atomic mass is 10.1. The van der Waals surface area contributed by atoms with E-state index in [1.807, 2.05) is 0 Å². The van der Waals surface area contributed by atoms with E-state index in [1.54, 1.807) is 0 Å². The second-order valence-electron chi connectivity index (χ2n) is 1.47. The van der Waals surface area contributed by atoms with Crippen molar-refractivity contribution in [1.82, 2.24) is 0 Å². The van der Waals surface area contributed by atoms with Crippen molar-refractivity contribution in [2.45, 2.75) is 6.42 Å². The van der Waals surface area contributed by atoms with Gasteiger partial charge in [-0.15, -0.1) is 0 Å². The van der Waals surface area contributed by atoms with Gasteiger partial charge in [0.15, 0.2) is 0 Å². The van der Waals surface area contributed by atoms with Gasteiger partial charge < -0.3 is 10.2 Å². The molecule has 0 aliphatic carbocycles. The van der Waals surface area contributed by atoms with Crippen molar-refractivity contribution in [1.29, 1.82) is 0 Å². The molecule has 0 fully saturated rings. The van der Waals surface area contributed by atoms with Gasteiger partial charge in [-0.25, -0.2) is 0 Å². The Labute approximate surface area is 43.8 Å². The van der Waals surface area contributed by atoms with E-state index in [-0.39, 0.29) is 19.1 Å². The van der Waals surface area contributed by atoms with E-state index in [4.69, 9.17) is 17.1 Å². The van der Waals surface area contributed by atoms with E-state index in [0.29, 0.717) is 6.42 Å². The summed E-state index contributed by atoms with van der Waals surface area (Å²) < 4.78 is 0. The van der Waals surface area contributed by atoms with Gasteiger partial charge in [-0.2, -0.15) is 0 Å². The number of rotatable bonds is 3. The number of hydrogen-bond donors (Lipinski definition) is 2. The molecule has 0 saturated heterocycles. The second-order valence-corrected chi connectivity index (χ2v) is 1.47. The van der Waals surface area contributed by atoms with E-state index < -0.39 is 0 Å². The molecule has 7 heavy (non-hydrogen) atoms. The van der Waals surface area contributed by atoms with Crippen LogP contribution in [-0.2, 0) is 0 Å². The van der Waals surface area contributed by atoms with Crippen LogP contribution in [0.25, 0.3) is 0 Å². The summed E-state index contributed by atoms with van der Waals surface area (Å²) in [5, 5.41) is 16.6. The molecule has 0 aromatic heterocycles. The maximum Gasteiger partial charge on any atom is 0.0481 e. The summed E-state index contributed by atoms with van der Waals surface area (Å²) in [5.74, 6) is -0.125. The molecule has 0 heterocycles. The zero-order valence-corrected chi connectivity index (χ0v) is 4.17. The quantitative estimate of drug-likeness (QED) is 0.513. The monoisotopic (exact) mass is 102 g/mol. The van der Waals surface area contributed by atoms with Crippen molar-refractivity contribution in [3.63, 3.8) is 0 Å². The maximum absolute atomic E-state index is 8.29. The summed E-state index contributed by atoms with van der Waals surface area (Å²) >= 11 is 0. The third-order valence-electron chi connectivity index (χ3n) is 0.850. The predicted octanol–water partition coefficient (Wildman–Crippen LogP) is -0.312. The predicted molar refractivity (Wildman–Crippen MR) is 26.6 cm³/mol. The SMILES string of the molecule is [CH]CC(CO)CO. The van der Waals surface area contributed by atoms with Crippen LogP contribution in [-0.4, -0.2) is 23.4 Å². The fourth-order valence-corrected chi connectivity index (χ4v) is 0.207.